The van der Waals surface area contributed by atoms with Crippen LogP contribution in [0.1, 0.15) is 32.6 Å². The van der Waals surface area contributed by atoms with Crippen molar-refractivity contribution in [3.8, 4) is 5.75 Å². The number of para-hydroxylation sites is 2. The van der Waals surface area contributed by atoms with E-state index < -0.39 is 0 Å². The van der Waals surface area contributed by atoms with Gasteiger partial charge in [-0.05, 0) is 31.9 Å². The molecule has 0 radical (unpaired) electrons. The van der Waals surface area contributed by atoms with E-state index in [-0.39, 0.29) is 0 Å². The molecule has 3 heteroatoms. The molecule has 1 saturated carbocycles. The van der Waals surface area contributed by atoms with Crippen molar-refractivity contribution >= 4 is 11.5 Å². The van der Waals surface area contributed by atoms with Crippen LogP contribution in [0.3, 0.4) is 0 Å². The number of benzene rings is 1. The van der Waals surface area contributed by atoms with E-state index >= 15 is 0 Å². The Labute approximate surface area is 103 Å². The molecule has 0 amide bonds. The molecule has 1 aromatic carbocycles. The summed E-state index contributed by atoms with van der Waals surface area (Å²) in [6, 6.07) is 7.80. The first kappa shape index (κ1) is 12.0. The van der Waals surface area contributed by atoms with Crippen LogP contribution in [0.2, 0.25) is 0 Å². The first-order valence-electron chi connectivity index (χ1n) is 6.37. The van der Waals surface area contributed by atoms with E-state index in [1.807, 2.05) is 31.2 Å². The van der Waals surface area contributed by atoms with Crippen molar-refractivity contribution in [3.63, 3.8) is 0 Å². The van der Waals surface area contributed by atoms with Crippen molar-refractivity contribution < 1.29 is 4.74 Å². The number of hydrogen-bond acceptors (Lipinski definition) is 2. The van der Waals surface area contributed by atoms with E-state index in [2.05, 4.69) is 4.99 Å². The van der Waals surface area contributed by atoms with Crippen LogP contribution >= 0.6 is 0 Å². The average molecular weight is 232 g/mol. The van der Waals surface area contributed by atoms with Crippen molar-refractivity contribution in [2.24, 2.45) is 16.6 Å². The molecular formula is C14H20N2O. The summed E-state index contributed by atoms with van der Waals surface area (Å²) in [5.41, 5.74) is 6.92. The van der Waals surface area contributed by atoms with Gasteiger partial charge >= 0.3 is 0 Å². The minimum atomic E-state index is 0.463. The zero-order valence-corrected chi connectivity index (χ0v) is 10.4. The molecule has 0 aliphatic heterocycles. The number of nitrogens with two attached hydrogens (primary N) is 1. The predicted octanol–water partition coefficient (Wildman–Crippen LogP) is 3.26. The highest BCUT2D eigenvalue weighted by Crippen LogP contribution is 2.30. The van der Waals surface area contributed by atoms with Gasteiger partial charge in [0, 0.05) is 5.92 Å². The molecule has 1 aromatic rings. The van der Waals surface area contributed by atoms with Gasteiger partial charge < -0.3 is 10.5 Å². The van der Waals surface area contributed by atoms with Crippen molar-refractivity contribution in [1.29, 1.82) is 0 Å². The molecule has 0 saturated heterocycles. The van der Waals surface area contributed by atoms with Gasteiger partial charge in [0.2, 0.25) is 0 Å². The number of aliphatic imine (C=N–C) groups is 1. The van der Waals surface area contributed by atoms with E-state index in [0.717, 1.165) is 17.3 Å². The highest BCUT2D eigenvalue weighted by molar-refractivity contribution is 5.86. The fourth-order valence-electron chi connectivity index (χ4n) is 2.28. The quantitative estimate of drug-likeness (QED) is 0.639. The Bertz CT molecular complexity index is 395. The smallest absolute Gasteiger partial charge is 0.144 e. The number of ether oxygens (including phenoxy) is 1. The Morgan fingerprint density at radius 1 is 1.35 bits per heavy atom. The zero-order chi connectivity index (χ0) is 12.1. The van der Waals surface area contributed by atoms with Crippen molar-refractivity contribution in [1.82, 2.24) is 0 Å². The lowest BCUT2D eigenvalue weighted by molar-refractivity contribution is 0.341. The molecule has 1 aliphatic rings. The third kappa shape index (κ3) is 2.99. The molecular weight excluding hydrogens is 212 g/mol. The first-order chi connectivity index (χ1) is 8.31. The third-order valence-corrected chi connectivity index (χ3v) is 3.19. The molecule has 1 fully saturated rings. The largest absolute Gasteiger partial charge is 0.492 e. The summed E-state index contributed by atoms with van der Waals surface area (Å²) in [6.07, 6.45) is 4.89. The first-order valence-corrected chi connectivity index (χ1v) is 6.37. The average Bonchev–Trinajstić information content (AvgIpc) is 2.85. The van der Waals surface area contributed by atoms with Gasteiger partial charge in [-0.15, -0.1) is 0 Å². The lowest BCUT2D eigenvalue weighted by Gasteiger charge is -2.10. The standard InChI is InChI=1S/C14H20N2O/c1-2-17-13-10-6-5-9-12(13)16-14(15)11-7-3-4-8-11/h5-6,9-11H,2-4,7-8H2,1H3,(H2,15,16). The van der Waals surface area contributed by atoms with Gasteiger partial charge in [0.05, 0.1) is 6.61 Å². The summed E-state index contributed by atoms with van der Waals surface area (Å²) in [5, 5.41) is 0. The van der Waals surface area contributed by atoms with E-state index in [9.17, 15) is 0 Å². The molecule has 92 valence electrons. The lowest BCUT2D eigenvalue weighted by Crippen LogP contribution is -2.20. The fraction of sp³-hybridized carbons (Fsp3) is 0.500. The molecule has 0 aromatic heterocycles. The van der Waals surface area contributed by atoms with Gasteiger partial charge in [0.1, 0.15) is 17.3 Å². The zero-order valence-electron chi connectivity index (χ0n) is 10.4. The van der Waals surface area contributed by atoms with Gasteiger partial charge in [-0.25, -0.2) is 4.99 Å². The topological polar surface area (TPSA) is 47.6 Å². The maximum absolute atomic E-state index is 6.07. The number of rotatable bonds is 4. The Hall–Kier alpha value is -1.51. The second-order valence-corrected chi connectivity index (χ2v) is 4.42. The van der Waals surface area contributed by atoms with Crippen LogP contribution in [0, 0.1) is 5.92 Å². The van der Waals surface area contributed by atoms with E-state index in [1.165, 1.54) is 25.7 Å². The molecule has 3 nitrogen and oxygen atoms in total. The minimum absolute atomic E-state index is 0.463. The van der Waals surface area contributed by atoms with E-state index in [4.69, 9.17) is 10.5 Å². The summed E-state index contributed by atoms with van der Waals surface area (Å²) < 4.78 is 5.54. The maximum Gasteiger partial charge on any atom is 0.144 e. The summed E-state index contributed by atoms with van der Waals surface area (Å²) in [6.45, 7) is 2.62. The molecule has 2 N–H and O–H groups in total. The Kier molecular flexibility index (Phi) is 4.02. The van der Waals surface area contributed by atoms with Gasteiger partial charge in [0.15, 0.2) is 0 Å². The van der Waals surface area contributed by atoms with Gasteiger partial charge in [-0.3, -0.25) is 0 Å². The van der Waals surface area contributed by atoms with Crippen molar-refractivity contribution in [2.45, 2.75) is 32.6 Å². The Morgan fingerprint density at radius 2 is 2.06 bits per heavy atom. The molecule has 0 heterocycles. The van der Waals surface area contributed by atoms with Crippen LogP contribution in [0.5, 0.6) is 5.75 Å². The monoisotopic (exact) mass is 232 g/mol. The van der Waals surface area contributed by atoms with Crippen LogP contribution < -0.4 is 10.5 Å². The summed E-state index contributed by atoms with van der Waals surface area (Å²) in [7, 11) is 0. The summed E-state index contributed by atoms with van der Waals surface area (Å²) in [5.74, 6) is 2.04. The van der Waals surface area contributed by atoms with Crippen LogP contribution in [-0.4, -0.2) is 12.4 Å². The highest BCUT2D eigenvalue weighted by atomic mass is 16.5. The van der Waals surface area contributed by atoms with Gasteiger partial charge in [0.25, 0.3) is 0 Å². The number of amidine groups is 1. The fourth-order valence-corrected chi connectivity index (χ4v) is 2.28. The van der Waals surface area contributed by atoms with Crippen LogP contribution in [0.25, 0.3) is 0 Å². The molecule has 0 spiro atoms. The molecule has 0 atom stereocenters. The van der Waals surface area contributed by atoms with Crippen LogP contribution in [-0.2, 0) is 0 Å². The van der Waals surface area contributed by atoms with Gasteiger partial charge in [-0.1, -0.05) is 25.0 Å². The van der Waals surface area contributed by atoms with Crippen LogP contribution in [0.4, 0.5) is 5.69 Å². The molecule has 0 bridgehead atoms. The molecule has 0 unspecified atom stereocenters. The van der Waals surface area contributed by atoms with E-state index in [0.29, 0.717) is 12.5 Å². The molecule has 17 heavy (non-hydrogen) atoms. The maximum atomic E-state index is 6.07. The third-order valence-electron chi connectivity index (χ3n) is 3.19. The minimum Gasteiger partial charge on any atom is -0.492 e. The normalized spacial score (nSPS) is 17.4. The second kappa shape index (κ2) is 5.71. The van der Waals surface area contributed by atoms with Gasteiger partial charge in [-0.2, -0.15) is 0 Å². The highest BCUT2D eigenvalue weighted by Gasteiger charge is 2.18. The molecule has 2 rings (SSSR count). The predicted molar refractivity (Wildman–Crippen MR) is 70.9 cm³/mol. The number of nitrogens with zero attached hydrogens (tertiary/aromatic N) is 1. The van der Waals surface area contributed by atoms with Crippen molar-refractivity contribution in [2.75, 3.05) is 6.61 Å². The van der Waals surface area contributed by atoms with Crippen LogP contribution in [0.15, 0.2) is 29.3 Å². The summed E-state index contributed by atoms with van der Waals surface area (Å²) >= 11 is 0. The Morgan fingerprint density at radius 3 is 2.76 bits per heavy atom. The van der Waals surface area contributed by atoms with Crippen molar-refractivity contribution in [3.05, 3.63) is 24.3 Å². The SMILES string of the molecule is CCOc1ccccc1N=C(N)C1CCCC1. The van der Waals surface area contributed by atoms with E-state index in [1.54, 1.807) is 0 Å². The second-order valence-electron chi connectivity index (χ2n) is 4.42. The number of hydrogen-bond donors (Lipinski definition) is 1. The summed E-state index contributed by atoms with van der Waals surface area (Å²) in [4.78, 5) is 4.53. The lowest BCUT2D eigenvalue weighted by atomic mass is 10.1. The molecule has 1 aliphatic carbocycles. The Balaban J connectivity index is 2.18.